The smallest absolute Gasteiger partial charge is 0.495 e. The lowest BCUT2D eigenvalue weighted by atomic mass is 10.0. The number of hydrogen-bond donors (Lipinski definition) is 1. The fourth-order valence-corrected chi connectivity index (χ4v) is 5.25. The number of likely N-dealkylation sites (N-methyl/N-ethyl adjacent to an activating group) is 1. The summed E-state index contributed by atoms with van der Waals surface area (Å²) in [4.78, 5) is 27.5. The molecule has 2 aliphatic rings. The minimum absolute atomic E-state index is 0.125. The van der Waals surface area contributed by atoms with E-state index in [1.807, 2.05) is 11.8 Å². The average Bonchev–Trinajstić information content (AvgIpc) is 2.69. The van der Waals surface area contributed by atoms with Gasteiger partial charge in [-0.05, 0) is 37.5 Å². The van der Waals surface area contributed by atoms with Gasteiger partial charge in [-0.1, -0.05) is 6.07 Å². The number of hydrogen-bond acceptors (Lipinski definition) is 6. The Morgan fingerprint density at radius 1 is 1.21 bits per heavy atom. The normalized spacial score (nSPS) is 22.0. The first kappa shape index (κ1) is 21.4. The van der Waals surface area contributed by atoms with Gasteiger partial charge < -0.3 is 4.74 Å². The van der Waals surface area contributed by atoms with Gasteiger partial charge in [0.1, 0.15) is 16.9 Å². The summed E-state index contributed by atoms with van der Waals surface area (Å²) < 4.78 is 35.1. The summed E-state index contributed by atoms with van der Waals surface area (Å²) in [5.74, 6) is 0.0373. The molecule has 1 N–H and O–H groups in total. The first-order valence-corrected chi connectivity index (χ1v) is 10.9. The average molecular weight is 424 g/mol. The number of aryl methyl sites for hydroxylation is 1. The predicted octanol–water partition coefficient (Wildman–Crippen LogP) is 0.420. The van der Waals surface area contributed by atoms with Gasteiger partial charge in [0, 0.05) is 19.1 Å². The van der Waals surface area contributed by atoms with Gasteiger partial charge in [-0.2, -0.15) is 9.69 Å². The molecule has 0 saturated carbocycles. The van der Waals surface area contributed by atoms with Crippen LogP contribution < -0.4 is 9.46 Å². The van der Waals surface area contributed by atoms with E-state index >= 15 is 0 Å². The van der Waals surface area contributed by atoms with E-state index in [-0.39, 0.29) is 22.9 Å². The Kier molecular flexibility index (Phi) is 6.06. The number of nitrogens with zero attached hydrogens (tertiary/aromatic N) is 3. The van der Waals surface area contributed by atoms with Crippen LogP contribution >= 0.6 is 0 Å². The first-order valence-electron chi connectivity index (χ1n) is 9.44. The number of carbonyl (C=O) groups is 2. The van der Waals surface area contributed by atoms with Crippen molar-refractivity contribution in [1.82, 2.24) is 14.5 Å². The number of benzene rings is 1. The molecule has 0 aromatic heterocycles. The molecule has 1 aromatic carbocycles. The maximum absolute atomic E-state index is 12.9. The zero-order valence-electron chi connectivity index (χ0n) is 17.1. The summed E-state index contributed by atoms with van der Waals surface area (Å²) in [5.41, 5.74) is 0.829. The summed E-state index contributed by atoms with van der Waals surface area (Å²) in [6.07, 6.45) is 2.74. The van der Waals surface area contributed by atoms with Gasteiger partial charge in [-0.25, -0.2) is 22.5 Å². The Hall–Kier alpha value is -2.30. The minimum atomic E-state index is -3.73. The number of ether oxygens (including phenoxy) is 1. The van der Waals surface area contributed by atoms with E-state index in [0.717, 1.165) is 10.5 Å². The van der Waals surface area contributed by atoms with Gasteiger partial charge in [0.2, 0.25) is 10.0 Å². The number of imide groups is 1. The molecule has 1 unspecified atom stereocenters. The SMILES string of the molecule is COc1ccc(C)cc1S(=O)(=O)NC1CCN(C2C=[N+](C)C(=O)N(C)C2=O)CC1. The summed E-state index contributed by atoms with van der Waals surface area (Å²) in [7, 11) is 0.800. The number of likely N-dealkylation sites (tertiary alicyclic amines) is 1. The quantitative estimate of drug-likeness (QED) is 0.689. The van der Waals surface area contributed by atoms with Crippen molar-refractivity contribution in [3.05, 3.63) is 23.8 Å². The predicted molar refractivity (Wildman–Crippen MR) is 107 cm³/mol. The van der Waals surface area contributed by atoms with Crippen LogP contribution in [0.2, 0.25) is 0 Å². The molecular weight excluding hydrogens is 396 g/mol. The van der Waals surface area contributed by atoms with Crippen molar-refractivity contribution in [3.8, 4) is 5.75 Å². The first-order chi connectivity index (χ1) is 13.6. The Balaban J connectivity index is 1.68. The Labute approximate surface area is 171 Å². The molecule has 2 aliphatic heterocycles. The van der Waals surface area contributed by atoms with E-state index in [0.29, 0.717) is 31.7 Å². The highest BCUT2D eigenvalue weighted by molar-refractivity contribution is 7.89. The molecule has 2 heterocycles. The molecule has 0 bridgehead atoms. The van der Waals surface area contributed by atoms with E-state index in [1.54, 1.807) is 31.5 Å². The number of carbonyl (C=O) groups excluding carboxylic acids is 2. The van der Waals surface area contributed by atoms with Gasteiger partial charge in [0.05, 0.1) is 21.2 Å². The van der Waals surface area contributed by atoms with Crippen molar-refractivity contribution in [2.24, 2.45) is 0 Å². The molecule has 0 radical (unpaired) electrons. The third-order valence-corrected chi connectivity index (χ3v) is 6.93. The number of piperidine rings is 1. The topological polar surface area (TPSA) is 99.0 Å². The van der Waals surface area contributed by atoms with Crippen LogP contribution in [0.15, 0.2) is 23.1 Å². The third-order valence-electron chi connectivity index (χ3n) is 5.39. The largest absolute Gasteiger partial charge is 0.500 e. The number of methoxy groups -OCH3 is 1. The van der Waals surface area contributed by atoms with Crippen LogP contribution in [0.4, 0.5) is 4.79 Å². The highest BCUT2D eigenvalue weighted by atomic mass is 32.2. The van der Waals surface area contributed by atoms with Gasteiger partial charge in [0.15, 0.2) is 6.04 Å². The minimum Gasteiger partial charge on any atom is -0.495 e. The Bertz CT molecular complexity index is 951. The van der Waals surface area contributed by atoms with E-state index < -0.39 is 16.1 Å². The van der Waals surface area contributed by atoms with Gasteiger partial charge in [-0.15, -0.1) is 0 Å². The molecule has 1 aromatic rings. The van der Waals surface area contributed by atoms with Crippen LogP contribution in [0, 0.1) is 6.92 Å². The number of urea groups is 1. The lowest BCUT2D eigenvalue weighted by molar-refractivity contribution is -0.401. The molecule has 10 heteroatoms. The second kappa shape index (κ2) is 8.21. The third kappa shape index (κ3) is 4.34. The molecule has 1 fully saturated rings. The standard InChI is InChI=1S/C19H27N4O5S/c1-13-5-6-16(28-4)17(11-13)29(26,27)20-14-7-9-23(10-8-14)15-12-21(2)19(25)22(3)18(15)24/h5-6,11-12,14-15,20H,7-10H2,1-4H3/q+1. The molecular formula is C19H27N4O5S+. The van der Waals surface area contributed by atoms with Crippen molar-refractivity contribution in [2.75, 3.05) is 34.3 Å². The van der Waals surface area contributed by atoms with Crippen molar-refractivity contribution >= 4 is 28.2 Å². The fourth-order valence-electron chi connectivity index (χ4n) is 3.69. The number of sulfonamides is 1. The highest BCUT2D eigenvalue weighted by Crippen LogP contribution is 2.26. The van der Waals surface area contributed by atoms with Crippen LogP contribution in [0.3, 0.4) is 0 Å². The molecule has 3 rings (SSSR count). The second-order valence-corrected chi connectivity index (χ2v) is 9.15. The summed E-state index contributed by atoms with van der Waals surface area (Å²) in [6, 6.07) is 3.92. The van der Waals surface area contributed by atoms with Crippen LogP contribution in [-0.2, 0) is 14.8 Å². The highest BCUT2D eigenvalue weighted by Gasteiger charge is 2.43. The molecule has 0 spiro atoms. The monoisotopic (exact) mass is 423 g/mol. The Morgan fingerprint density at radius 3 is 2.48 bits per heavy atom. The lowest BCUT2D eigenvalue weighted by Crippen LogP contribution is -2.59. The molecule has 158 valence electrons. The number of amides is 3. The van der Waals surface area contributed by atoms with E-state index in [1.165, 1.54) is 18.7 Å². The molecule has 3 amide bonds. The van der Waals surface area contributed by atoms with Gasteiger partial charge in [0.25, 0.3) is 0 Å². The van der Waals surface area contributed by atoms with Gasteiger partial charge >= 0.3 is 11.9 Å². The number of rotatable bonds is 5. The van der Waals surface area contributed by atoms with Crippen LogP contribution in [0.5, 0.6) is 5.75 Å². The zero-order valence-corrected chi connectivity index (χ0v) is 17.9. The van der Waals surface area contributed by atoms with Gasteiger partial charge in [-0.3, -0.25) is 4.90 Å². The van der Waals surface area contributed by atoms with E-state index in [2.05, 4.69) is 4.72 Å². The van der Waals surface area contributed by atoms with Crippen molar-refractivity contribution < 1.29 is 27.3 Å². The van der Waals surface area contributed by atoms with Crippen LogP contribution in [-0.4, -0.2) is 87.3 Å². The fraction of sp³-hybridized carbons (Fsp3) is 0.526. The molecule has 1 saturated heterocycles. The van der Waals surface area contributed by atoms with Crippen LogP contribution in [0.1, 0.15) is 18.4 Å². The van der Waals surface area contributed by atoms with Crippen molar-refractivity contribution in [1.29, 1.82) is 0 Å². The maximum atomic E-state index is 12.9. The summed E-state index contributed by atoms with van der Waals surface area (Å²) in [5, 5.41) is 0. The van der Waals surface area contributed by atoms with Crippen molar-refractivity contribution in [3.63, 3.8) is 0 Å². The second-order valence-electron chi connectivity index (χ2n) is 7.47. The van der Waals surface area contributed by atoms with E-state index in [4.69, 9.17) is 4.74 Å². The zero-order chi connectivity index (χ0) is 21.3. The molecule has 0 aliphatic carbocycles. The lowest BCUT2D eigenvalue weighted by Gasteiger charge is -2.36. The van der Waals surface area contributed by atoms with Crippen LogP contribution in [0.25, 0.3) is 0 Å². The molecule has 9 nitrogen and oxygen atoms in total. The summed E-state index contributed by atoms with van der Waals surface area (Å²) in [6.45, 7) is 2.91. The van der Waals surface area contributed by atoms with Crippen molar-refractivity contribution in [2.45, 2.75) is 36.7 Å². The number of nitrogens with one attached hydrogen (secondary N) is 1. The maximum Gasteiger partial charge on any atom is 0.500 e. The Morgan fingerprint density at radius 2 is 1.86 bits per heavy atom. The summed E-state index contributed by atoms with van der Waals surface area (Å²) >= 11 is 0. The molecule has 29 heavy (non-hydrogen) atoms. The van der Waals surface area contributed by atoms with E-state index in [9.17, 15) is 18.0 Å². The molecule has 1 atom stereocenters.